The van der Waals surface area contributed by atoms with E-state index in [1.807, 2.05) is 0 Å². The van der Waals surface area contributed by atoms with E-state index >= 15 is 0 Å². The second-order valence-electron chi connectivity index (χ2n) is 7.65. The van der Waals surface area contributed by atoms with E-state index in [9.17, 15) is 9.59 Å². The highest BCUT2D eigenvalue weighted by Gasteiger charge is 2.16. The maximum Gasteiger partial charge on any atom is 0.310 e. The molecule has 0 radical (unpaired) electrons. The van der Waals surface area contributed by atoms with E-state index in [4.69, 9.17) is 5.11 Å². The summed E-state index contributed by atoms with van der Waals surface area (Å²) in [5.41, 5.74) is 0. The molecule has 0 aliphatic heterocycles. The third-order valence-corrected chi connectivity index (χ3v) is 5.05. The number of carboxylic acids is 1. The van der Waals surface area contributed by atoms with E-state index in [2.05, 4.69) is 13.8 Å². The Morgan fingerprint density at radius 1 is 0.680 bits per heavy atom. The molecule has 1 unspecified atom stereocenters. The number of carbonyl (C=O) groups is 2. The van der Waals surface area contributed by atoms with Crippen molar-refractivity contribution >= 4 is 11.8 Å². The quantitative estimate of drug-likeness (QED) is 0.202. The lowest BCUT2D eigenvalue weighted by atomic mass is 9.89. The molecule has 1 N–H and O–H groups in total. The zero-order chi connectivity index (χ0) is 18.8. The second-order valence-corrected chi connectivity index (χ2v) is 7.65. The van der Waals surface area contributed by atoms with Gasteiger partial charge in [-0.05, 0) is 5.92 Å². The van der Waals surface area contributed by atoms with Gasteiger partial charge >= 0.3 is 5.97 Å². The van der Waals surface area contributed by atoms with Crippen LogP contribution in [0.5, 0.6) is 0 Å². The molecule has 0 saturated carbocycles. The Labute approximate surface area is 156 Å². The van der Waals surface area contributed by atoms with Gasteiger partial charge in [-0.3, -0.25) is 9.59 Å². The van der Waals surface area contributed by atoms with Crippen LogP contribution in [0, 0.1) is 5.92 Å². The third kappa shape index (κ3) is 17.7. The molecule has 0 aromatic heterocycles. The van der Waals surface area contributed by atoms with Gasteiger partial charge in [0.05, 0.1) is 0 Å². The first kappa shape index (κ1) is 24.1. The molecule has 148 valence electrons. The molecule has 0 aliphatic carbocycles. The lowest BCUT2D eigenvalue weighted by molar-refractivity contribution is -0.140. The first-order valence-electron chi connectivity index (χ1n) is 10.8. The summed E-state index contributed by atoms with van der Waals surface area (Å²) in [6.45, 7) is 4.47. The molecule has 1 atom stereocenters. The number of hydrogen-bond donors (Lipinski definition) is 1. The molecule has 0 heterocycles. The Balaban J connectivity index is 3.98. The summed E-state index contributed by atoms with van der Waals surface area (Å²) in [4.78, 5) is 22.6. The van der Waals surface area contributed by atoms with Crippen molar-refractivity contribution in [2.75, 3.05) is 0 Å². The van der Waals surface area contributed by atoms with Crippen LogP contribution in [0.1, 0.15) is 123 Å². The van der Waals surface area contributed by atoms with E-state index in [-0.39, 0.29) is 12.2 Å². The van der Waals surface area contributed by atoms with Gasteiger partial charge in [-0.1, -0.05) is 110 Å². The van der Waals surface area contributed by atoms with Crippen LogP contribution in [0.15, 0.2) is 0 Å². The summed E-state index contributed by atoms with van der Waals surface area (Å²) in [7, 11) is 0. The first-order chi connectivity index (χ1) is 12.1. The van der Waals surface area contributed by atoms with Crippen molar-refractivity contribution in [1.29, 1.82) is 0 Å². The predicted molar refractivity (Wildman–Crippen MR) is 106 cm³/mol. The zero-order valence-corrected chi connectivity index (χ0v) is 16.9. The van der Waals surface area contributed by atoms with Gasteiger partial charge in [0, 0.05) is 6.42 Å². The van der Waals surface area contributed by atoms with Crippen LogP contribution in [0.25, 0.3) is 0 Å². The minimum atomic E-state index is -0.987. The molecule has 0 aromatic carbocycles. The fourth-order valence-corrected chi connectivity index (χ4v) is 3.51. The fraction of sp³-hybridized carbons (Fsp3) is 0.909. The summed E-state index contributed by atoms with van der Waals surface area (Å²) in [5.74, 6) is -0.681. The molecule has 3 heteroatoms. The molecule has 0 aliphatic rings. The van der Waals surface area contributed by atoms with E-state index in [1.54, 1.807) is 0 Å². The Morgan fingerprint density at radius 3 is 1.48 bits per heavy atom. The van der Waals surface area contributed by atoms with Crippen molar-refractivity contribution in [3.05, 3.63) is 0 Å². The lowest BCUT2D eigenvalue weighted by Crippen LogP contribution is -2.13. The second kappa shape index (κ2) is 17.9. The Morgan fingerprint density at radius 2 is 1.08 bits per heavy atom. The van der Waals surface area contributed by atoms with E-state index in [0.29, 0.717) is 12.3 Å². The Bertz CT molecular complexity index is 325. The minimum Gasteiger partial charge on any atom is -0.481 e. The van der Waals surface area contributed by atoms with Gasteiger partial charge in [-0.25, -0.2) is 0 Å². The SMILES string of the molecule is CCCCCCCCCC(CCCCCCCC)CC(=O)CC(=O)O. The molecule has 0 aromatic rings. The number of ketones is 1. The van der Waals surface area contributed by atoms with Crippen LogP contribution in [0.3, 0.4) is 0 Å². The average molecular weight is 355 g/mol. The van der Waals surface area contributed by atoms with Gasteiger partial charge in [-0.2, -0.15) is 0 Å². The molecule has 0 spiro atoms. The number of rotatable bonds is 19. The highest BCUT2D eigenvalue weighted by atomic mass is 16.4. The van der Waals surface area contributed by atoms with Crippen molar-refractivity contribution in [3.63, 3.8) is 0 Å². The van der Waals surface area contributed by atoms with Gasteiger partial charge in [0.15, 0.2) is 0 Å². The zero-order valence-electron chi connectivity index (χ0n) is 16.9. The first-order valence-corrected chi connectivity index (χ1v) is 10.8. The van der Waals surface area contributed by atoms with Gasteiger partial charge in [0.25, 0.3) is 0 Å². The molecular weight excluding hydrogens is 312 g/mol. The van der Waals surface area contributed by atoms with Gasteiger partial charge in [-0.15, -0.1) is 0 Å². The molecular formula is C22H42O3. The van der Waals surface area contributed by atoms with Gasteiger partial charge in [0.1, 0.15) is 12.2 Å². The summed E-state index contributed by atoms with van der Waals surface area (Å²) in [5, 5.41) is 8.79. The van der Waals surface area contributed by atoms with Crippen LogP contribution >= 0.6 is 0 Å². The smallest absolute Gasteiger partial charge is 0.310 e. The van der Waals surface area contributed by atoms with Crippen molar-refractivity contribution in [2.24, 2.45) is 5.92 Å². The maximum atomic E-state index is 11.9. The number of carboxylic acid groups (broad SMARTS) is 1. The summed E-state index contributed by atoms with van der Waals surface area (Å²) < 4.78 is 0. The maximum absolute atomic E-state index is 11.9. The molecule has 0 bridgehead atoms. The van der Waals surface area contributed by atoms with Crippen LogP contribution < -0.4 is 0 Å². The fourth-order valence-electron chi connectivity index (χ4n) is 3.51. The summed E-state index contributed by atoms with van der Waals surface area (Å²) in [6.07, 6.45) is 19.0. The molecule has 25 heavy (non-hydrogen) atoms. The average Bonchev–Trinajstić information content (AvgIpc) is 2.56. The van der Waals surface area contributed by atoms with E-state index in [1.165, 1.54) is 83.5 Å². The van der Waals surface area contributed by atoms with Crippen molar-refractivity contribution in [1.82, 2.24) is 0 Å². The monoisotopic (exact) mass is 354 g/mol. The number of hydrogen-bond acceptors (Lipinski definition) is 2. The summed E-state index contributed by atoms with van der Waals surface area (Å²) in [6, 6.07) is 0. The number of carbonyl (C=O) groups excluding carboxylic acids is 1. The van der Waals surface area contributed by atoms with Crippen LogP contribution in [0.2, 0.25) is 0 Å². The van der Waals surface area contributed by atoms with Gasteiger partial charge in [0.2, 0.25) is 0 Å². The molecule has 3 nitrogen and oxygen atoms in total. The van der Waals surface area contributed by atoms with Crippen LogP contribution in [0.4, 0.5) is 0 Å². The lowest BCUT2D eigenvalue weighted by Gasteiger charge is -2.16. The van der Waals surface area contributed by atoms with Crippen molar-refractivity contribution in [3.8, 4) is 0 Å². The van der Waals surface area contributed by atoms with E-state index < -0.39 is 5.97 Å². The Kier molecular flexibility index (Phi) is 17.3. The molecule has 0 rings (SSSR count). The normalized spacial score (nSPS) is 12.2. The van der Waals surface area contributed by atoms with Crippen molar-refractivity contribution in [2.45, 2.75) is 123 Å². The number of Topliss-reactive ketones (excluding diaryl/α,β-unsaturated/α-hetero) is 1. The summed E-state index contributed by atoms with van der Waals surface area (Å²) >= 11 is 0. The van der Waals surface area contributed by atoms with Crippen LogP contribution in [-0.2, 0) is 9.59 Å². The number of unbranched alkanes of at least 4 members (excludes halogenated alkanes) is 11. The molecule has 0 fully saturated rings. The predicted octanol–water partition coefficient (Wildman–Crippen LogP) is 6.93. The standard InChI is InChI=1S/C22H42O3/c1-3-5-7-9-11-13-15-17-20(18-21(23)19-22(24)25)16-14-12-10-8-6-4-2/h20H,3-19H2,1-2H3,(H,24,25). The minimum absolute atomic E-state index is 0.0913. The highest BCUT2D eigenvalue weighted by molar-refractivity contribution is 5.94. The largest absolute Gasteiger partial charge is 0.481 e. The van der Waals surface area contributed by atoms with Crippen LogP contribution in [-0.4, -0.2) is 16.9 Å². The van der Waals surface area contributed by atoms with Crippen molar-refractivity contribution < 1.29 is 14.7 Å². The number of aliphatic carboxylic acids is 1. The Hall–Kier alpha value is -0.860. The molecule has 0 saturated heterocycles. The molecule has 0 amide bonds. The topological polar surface area (TPSA) is 54.4 Å². The third-order valence-electron chi connectivity index (χ3n) is 5.05. The van der Waals surface area contributed by atoms with Gasteiger partial charge < -0.3 is 5.11 Å². The van der Waals surface area contributed by atoms with E-state index in [0.717, 1.165) is 12.8 Å². The highest BCUT2D eigenvalue weighted by Crippen LogP contribution is 2.23.